The van der Waals surface area contributed by atoms with E-state index in [-0.39, 0.29) is 31.2 Å². The Kier molecular flexibility index (Phi) is 4.87. The van der Waals surface area contributed by atoms with E-state index < -0.39 is 35.5 Å². The summed E-state index contributed by atoms with van der Waals surface area (Å²) in [6.45, 7) is 8.31. The average Bonchev–Trinajstić information content (AvgIpc) is 3.75. The first-order chi connectivity index (χ1) is 19.3. The molecule has 4 fully saturated rings. The van der Waals surface area contributed by atoms with E-state index in [2.05, 4.69) is 13.5 Å². The Labute approximate surface area is 230 Å². The third kappa shape index (κ3) is 2.94. The quantitative estimate of drug-likeness (QED) is 0.400. The van der Waals surface area contributed by atoms with E-state index in [1.807, 2.05) is 49.4 Å². The van der Waals surface area contributed by atoms with Gasteiger partial charge in [-0.25, -0.2) is 4.79 Å². The number of hydrogen-bond acceptors (Lipinski definition) is 9. The molecule has 8 rings (SSSR count). The number of benzene rings is 2. The summed E-state index contributed by atoms with van der Waals surface area (Å²) in [7, 11) is 0. The number of fused-ring (bicyclic) bond motifs is 4. The Morgan fingerprint density at radius 1 is 0.925 bits per heavy atom. The standard InChI is InChI=1S/C31H28O9/c1-15-4-7-19-16(2)28(33)38-26(19)30(3)25(32)20(10-17-5-8-21-23(11-17)36-13-34-21)27-31(15,30)40-29(39-27)18-6-9-22-24(12-18)37-14-35-22/h5-6,8-12,15,19,26-27,29H,2,4,7,13-14H2,1,3H3/b20-10+/t15-,19-,26+,27-,29?,30-,31-/m0/s1. The van der Waals surface area contributed by atoms with Crippen LogP contribution in [0.25, 0.3) is 6.08 Å². The first-order valence-electron chi connectivity index (χ1n) is 13.6. The molecule has 6 aliphatic rings. The first-order valence-corrected chi connectivity index (χ1v) is 13.6. The molecule has 2 aliphatic carbocycles. The van der Waals surface area contributed by atoms with Gasteiger partial charge in [-0.15, -0.1) is 0 Å². The third-order valence-electron chi connectivity index (χ3n) is 9.69. The van der Waals surface area contributed by atoms with E-state index in [1.165, 1.54) is 0 Å². The summed E-state index contributed by atoms with van der Waals surface area (Å²) in [5.74, 6) is 1.58. The van der Waals surface area contributed by atoms with E-state index >= 15 is 0 Å². The number of ether oxygens (including phenoxy) is 7. The van der Waals surface area contributed by atoms with Gasteiger partial charge in [-0.3, -0.25) is 4.79 Å². The zero-order chi connectivity index (χ0) is 27.4. The van der Waals surface area contributed by atoms with Crippen LogP contribution in [0, 0.1) is 17.3 Å². The highest BCUT2D eigenvalue weighted by Crippen LogP contribution is 2.66. The van der Waals surface area contributed by atoms with Crippen LogP contribution in [0.2, 0.25) is 0 Å². The molecule has 1 unspecified atom stereocenters. The maximum atomic E-state index is 14.6. The molecule has 2 saturated heterocycles. The van der Waals surface area contributed by atoms with Crippen LogP contribution < -0.4 is 18.9 Å². The Balaban J connectivity index is 1.29. The van der Waals surface area contributed by atoms with Gasteiger partial charge in [0.1, 0.15) is 23.2 Å². The van der Waals surface area contributed by atoms with Gasteiger partial charge >= 0.3 is 5.97 Å². The van der Waals surface area contributed by atoms with E-state index in [1.54, 1.807) is 0 Å². The summed E-state index contributed by atoms with van der Waals surface area (Å²) < 4.78 is 41.8. The molecule has 1 spiro atoms. The molecule has 7 atom stereocenters. The van der Waals surface area contributed by atoms with Gasteiger partial charge in [0, 0.05) is 22.6 Å². The maximum Gasteiger partial charge on any atom is 0.334 e. The van der Waals surface area contributed by atoms with Gasteiger partial charge in [-0.1, -0.05) is 19.6 Å². The minimum Gasteiger partial charge on any atom is -0.457 e. The van der Waals surface area contributed by atoms with Gasteiger partial charge in [-0.2, -0.15) is 0 Å². The van der Waals surface area contributed by atoms with Crippen molar-refractivity contribution in [3.05, 3.63) is 65.3 Å². The Bertz CT molecular complexity index is 1530. The SMILES string of the molecule is C=C1C(=O)O[C@@H]2[C@H]1CC[C@H](C)[C@]13OC(c4ccc5c(c4)OCO5)O[C@H]1/C(=C/c1ccc4c(c1)OCO4)C(=O)[C@@]23C. The van der Waals surface area contributed by atoms with Crippen LogP contribution in [0.15, 0.2) is 54.1 Å². The van der Waals surface area contributed by atoms with Crippen molar-refractivity contribution < 1.29 is 42.7 Å². The highest BCUT2D eigenvalue weighted by Gasteiger charge is 2.78. The van der Waals surface area contributed by atoms with Crippen molar-refractivity contribution in [2.45, 2.75) is 50.8 Å². The third-order valence-corrected chi connectivity index (χ3v) is 9.69. The summed E-state index contributed by atoms with van der Waals surface area (Å²) in [5.41, 5.74) is 0.129. The number of hydrogen-bond donors (Lipinski definition) is 0. The van der Waals surface area contributed by atoms with Crippen molar-refractivity contribution in [2.24, 2.45) is 17.3 Å². The molecular weight excluding hydrogens is 516 g/mol. The summed E-state index contributed by atoms with van der Waals surface area (Å²) >= 11 is 0. The molecule has 40 heavy (non-hydrogen) atoms. The van der Waals surface area contributed by atoms with Crippen molar-refractivity contribution in [3.8, 4) is 23.0 Å². The Hall–Kier alpha value is -3.82. The van der Waals surface area contributed by atoms with Gasteiger partial charge in [0.2, 0.25) is 13.6 Å². The molecule has 2 aromatic rings. The summed E-state index contributed by atoms with van der Waals surface area (Å²) in [5, 5.41) is 0. The summed E-state index contributed by atoms with van der Waals surface area (Å²) in [6.07, 6.45) is 1.04. The number of carbonyl (C=O) groups is 2. The molecule has 0 bridgehead atoms. The number of esters is 1. The van der Waals surface area contributed by atoms with Crippen molar-refractivity contribution in [1.29, 1.82) is 0 Å². The second kappa shape index (κ2) is 8.11. The molecule has 4 heterocycles. The molecule has 0 radical (unpaired) electrons. The van der Waals surface area contributed by atoms with Crippen LogP contribution in [0.4, 0.5) is 0 Å². The lowest BCUT2D eigenvalue weighted by molar-refractivity contribution is -0.191. The second-order valence-corrected chi connectivity index (χ2v) is 11.6. The van der Waals surface area contributed by atoms with E-state index in [0.717, 1.165) is 11.1 Å². The molecule has 9 nitrogen and oxygen atoms in total. The first kappa shape index (κ1) is 24.0. The average molecular weight is 545 g/mol. The van der Waals surface area contributed by atoms with Crippen LogP contribution >= 0.6 is 0 Å². The molecular formula is C31H28O9. The fraction of sp³-hybridized carbons (Fsp3) is 0.419. The van der Waals surface area contributed by atoms with Crippen LogP contribution in [-0.2, 0) is 23.8 Å². The number of ketones is 1. The molecule has 0 amide bonds. The zero-order valence-electron chi connectivity index (χ0n) is 22.1. The Morgan fingerprint density at radius 2 is 1.62 bits per heavy atom. The van der Waals surface area contributed by atoms with Crippen molar-refractivity contribution in [1.82, 2.24) is 0 Å². The topological polar surface area (TPSA) is 98.8 Å². The van der Waals surface area contributed by atoms with Gasteiger partial charge in [0.05, 0.1) is 0 Å². The van der Waals surface area contributed by atoms with Crippen molar-refractivity contribution >= 4 is 17.8 Å². The molecule has 9 heteroatoms. The minimum absolute atomic E-state index is 0.0924. The van der Waals surface area contributed by atoms with E-state index in [0.29, 0.717) is 47.0 Å². The molecule has 206 valence electrons. The van der Waals surface area contributed by atoms with Crippen LogP contribution in [0.5, 0.6) is 23.0 Å². The number of rotatable bonds is 2. The maximum absolute atomic E-state index is 14.6. The summed E-state index contributed by atoms with van der Waals surface area (Å²) in [4.78, 5) is 27.4. The fourth-order valence-electron chi connectivity index (χ4n) is 7.65. The normalized spacial score (nSPS) is 37.8. The molecule has 0 aromatic heterocycles. The lowest BCUT2D eigenvalue weighted by Crippen LogP contribution is -2.59. The minimum atomic E-state index is -1.21. The van der Waals surface area contributed by atoms with E-state index in [9.17, 15) is 9.59 Å². The predicted molar refractivity (Wildman–Crippen MR) is 139 cm³/mol. The molecule has 0 N–H and O–H groups in total. The summed E-state index contributed by atoms with van der Waals surface area (Å²) in [6, 6.07) is 11.1. The second-order valence-electron chi connectivity index (χ2n) is 11.6. The largest absolute Gasteiger partial charge is 0.457 e. The lowest BCUT2D eigenvalue weighted by Gasteiger charge is -2.45. The van der Waals surface area contributed by atoms with Gasteiger partial charge in [0.25, 0.3) is 0 Å². The predicted octanol–water partition coefficient (Wildman–Crippen LogP) is 4.50. The fourth-order valence-corrected chi connectivity index (χ4v) is 7.65. The molecule has 2 aromatic carbocycles. The Morgan fingerprint density at radius 3 is 2.40 bits per heavy atom. The van der Waals surface area contributed by atoms with Crippen molar-refractivity contribution in [3.63, 3.8) is 0 Å². The van der Waals surface area contributed by atoms with Crippen LogP contribution in [0.1, 0.15) is 44.1 Å². The van der Waals surface area contributed by atoms with Gasteiger partial charge in [0.15, 0.2) is 35.1 Å². The molecule has 4 aliphatic heterocycles. The number of Topliss-reactive ketones (excluding diaryl/α,β-unsaturated/α-hetero) is 1. The monoisotopic (exact) mass is 544 g/mol. The smallest absolute Gasteiger partial charge is 0.334 e. The number of carbonyl (C=O) groups excluding carboxylic acids is 2. The lowest BCUT2D eigenvalue weighted by atomic mass is 9.64. The van der Waals surface area contributed by atoms with Gasteiger partial charge < -0.3 is 33.2 Å². The van der Waals surface area contributed by atoms with Crippen molar-refractivity contribution in [2.75, 3.05) is 13.6 Å². The van der Waals surface area contributed by atoms with Gasteiger partial charge in [-0.05, 0) is 67.7 Å². The van der Waals surface area contributed by atoms with Crippen LogP contribution in [-0.4, -0.2) is 43.1 Å². The highest BCUT2D eigenvalue weighted by atomic mass is 16.7. The van der Waals surface area contributed by atoms with Crippen LogP contribution in [0.3, 0.4) is 0 Å². The zero-order valence-corrected chi connectivity index (χ0v) is 22.1. The highest BCUT2D eigenvalue weighted by molar-refractivity contribution is 6.10. The molecule has 2 saturated carbocycles. The van der Waals surface area contributed by atoms with E-state index in [4.69, 9.17) is 33.2 Å².